The molecule has 1 atom stereocenters. The van der Waals surface area contributed by atoms with Gasteiger partial charge in [-0.1, -0.05) is 5.57 Å². The summed E-state index contributed by atoms with van der Waals surface area (Å²) in [6.07, 6.45) is 2.07. The van der Waals surface area contributed by atoms with Gasteiger partial charge >= 0.3 is 6.18 Å². The number of carbonyl (C=O) groups is 1. The van der Waals surface area contributed by atoms with Crippen LogP contribution in [0.15, 0.2) is 65.6 Å². The number of pyridine rings is 1. The molecule has 1 aliphatic heterocycles. The maximum atomic E-state index is 14.1. The molecule has 0 spiro atoms. The summed E-state index contributed by atoms with van der Waals surface area (Å²) >= 11 is 1.22. The fraction of sp³-hybridized carbons (Fsp3) is 0.269. The van der Waals surface area contributed by atoms with Gasteiger partial charge in [0.15, 0.2) is 5.78 Å². The molecule has 2 aliphatic rings. The van der Waals surface area contributed by atoms with Crippen molar-refractivity contribution < 1.29 is 22.4 Å². The van der Waals surface area contributed by atoms with E-state index in [-0.39, 0.29) is 24.5 Å². The van der Waals surface area contributed by atoms with E-state index in [1.165, 1.54) is 35.3 Å². The third-order valence-electron chi connectivity index (χ3n) is 6.77. The Morgan fingerprint density at radius 1 is 1.23 bits per heavy atom. The molecule has 1 unspecified atom stereocenters. The van der Waals surface area contributed by atoms with Crippen LogP contribution >= 0.6 is 11.9 Å². The molecular formula is C26H25F4N7OS. The highest BCUT2D eigenvalue weighted by molar-refractivity contribution is 8.00. The fourth-order valence-electron chi connectivity index (χ4n) is 5.03. The predicted octanol–water partition coefficient (Wildman–Crippen LogP) is 4.15. The number of piperidine rings is 1. The molecule has 0 radical (unpaired) electrons. The highest BCUT2D eigenvalue weighted by Gasteiger charge is 2.50. The van der Waals surface area contributed by atoms with Crippen LogP contribution in [0.25, 0.3) is 11.8 Å². The zero-order valence-electron chi connectivity index (χ0n) is 20.8. The average Bonchev–Trinajstić information content (AvgIpc) is 3.28. The van der Waals surface area contributed by atoms with Crippen LogP contribution in [0, 0.1) is 11.2 Å². The van der Waals surface area contributed by atoms with E-state index in [9.17, 15) is 22.4 Å². The lowest BCUT2D eigenvalue weighted by molar-refractivity contribution is -0.137. The van der Waals surface area contributed by atoms with Crippen LogP contribution in [-0.2, 0) is 12.6 Å². The molecule has 5 rings (SSSR count). The summed E-state index contributed by atoms with van der Waals surface area (Å²) in [6, 6.07) is 7.51. The second-order valence-corrected chi connectivity index (χ2v) is 10.7. The van der Waals surface area contributed by atoms with Crippen LogP contribution in [0.1, 0.15) is 33.7 Å². The molecule has 1 saturated heterocycles. The van der Waals surface area contributed by atoms with E-state index in [0.717, 1.165) is 35.2 Å². The Balaban J connectivity index is 1.57. The number of nitrogens with zero attached hydrogens (tertiary/aromatic N) is 5. The lowest BCUT2D eigenvalue weighted by Gasteiger charge is -2.44. The molecule has 204 valence electrons. The number of hydrazine groups is 1. The molecular weight excluding hydrogens is 534 g/mol. The quantitative estimate of drug-likeness (QED) is 0.153. The Morgan fingerprint density at radius 2 is 1.97 bits per heavy atom. The first-order valence-corrected chi connectivity index (χ1v) is 12.7. The zero-order chi connectivity index (χ0) is 27.9. The molecule has 1 fully saturated rings. The van der Waals surface area contributed by atoms with Crippen molar-refractivity contribution in [2.45, 2.75) is 19.0 Å². The molecule has 1 aliphatic carbocycles. The number of hydrogen-bond donors (Lipinski definition) is 2. The minimum Gasteiger partial charge on any atom is -0.391 e. The lowest BCUT2D eigenvalue weighted by Crippen LogP contribution is -2.50. The van der Waals surface area contributed by atoms with Crippen molar-refractivity contribution in [1.29, 1.82) is 0 Å². The van der Waals surface area contributed by atoms with Gasteiger partial charge in [-0.2, -0.15) is 18.3 Å². The van der Waals surface area contributed by atoms with Crippen LogP contribution in [0.2, 0.25) is 0 Å². The topological polar surface area (TPSA) is 106 Å². The number of fused-ring (bicyclic) bond motifs is 2. The number of alkyl halides is 3. The highest BCUT2D eigenvalue weighted by Crippen LogP contribution is 2.48. The monoisotopic (exact) mass is 559 g/mol. The molecule has 2 aromatic heterocycles. The summed E-state index contributed by atoms with van der Waals surface area (Å²) in [5.41, 5.74) is 6.59. The van der Waals surface area contributed by atoms with Gasteiger partial charge < -0.3 is 10.7 Å². The van der Waals surface area contributed by atoms with Crippen molar-refractivity contribution in [1.82, 2.24) is 24.1 Å². The van der Waals surface area contributed by atoms with Crippen LogP contribution < -0.4 is 11.6 Å². The third-order valence-corrected chi connectivity index (χ3v) is 7.66. The number of halogens is 4. The van der Waals surface area contributed by atoms with Crippen molar-refractivity contribution in [3.8, 4) is 5.69 Å². The second-order valence-electron chi connectivity index (χ2n) is 9.53. The van der Waals surface area contributed by atoms with Gasteiger partial charge in [-0.05, 0) is 72.8 Å². The summed E-state index contributed by atoms with van der Waals surface area (Å²) in [5, 5.41) is 6.18. The van der Waals surface area contributed by atoms with Gasteiger partial charge in [0.05, 0.1) is 33.6 Å². The maximum Gasteiger partial charge on any atom is 0.416 e. The first-order chi connectivity index (χ1) is 18.5. The average molecular weight is 560 g/mol. The van der Waals surface area contributed by atoms with Crippen molar-refractivity contribution >= 4 is 23.8 Å². The number of aromatic nitrogens is 3. The van der Waals surface area contributed by atoms with Crippen LogP contribution in [-0.4, -0.2) is 50.0 Å². The maximum absolute atomic E-state index is 14.1. The van der Waals surface area contributed by atoms with Crippen LogP contribution in [0.4, 0.5) is 17.6 Å². The normalized spacial score (nSPS) is 19.7. The number of ketones is 1. The van der Waals surface area contributed by atoms with Gasteiger partial charge in [-0.15, -0.1) is 0 Å². The van der Waals surface area contributed by atoms with Gasteiger partial charge in [-0.3, -0.25) is 9.78 Å². The highest BCUT2D eigenvalue weighted by atomic mass is 32.2. The van der Waals surface area contributed by atoms with Gasteiger partial charge in [0.25, 0.3) is 0 Å². The smallest absolute Gasteiger partial charge is 0.391 e. The summed E-state index contributed by atoms with van der Waals surface area (Å²) < 4.78 is 57.5. The van der Waals surface area contributed by atoms with E-state index >= 15 is 0 Å². The van der Waals surface area contributed by atoms with E-state index in [1.54, 1.807) is 30.1 Å². The van der Waals surface area contributed by atoms with Gasteiger partial charge in [0, 0.05) is 32.5 Å². The van der Waals surface area contributed by atoms with Crippen LogP contribution in [0.5, 0.6) is 0 Å². The van der Waals surface area contributed by atoms with E-state index < -0.39 is 22.9 Å². The Hall–Kier alpha value is -3.68. The number of benzene rings is 1. The molecule has 8 nitrogen and oxygen atoms in total. The standard InChI is InChI=1S/C26H25F4N7OS/c1-35(32)14-23(31)39-36-9-7-17-11-22-16(13-34-37(22)20-4-2-19(27)3-5-20)12-25(17,15-36)24(38)21-10-18(6-8-33-21)26(28,29)30/h2-6,8,10-11,13-14H,7,9,12,15,31-32H2,1H3/b23-14+. The summed E-state index contributed by atoms with van der Waals surface area (Å²) in [7, 11) is 1.62. The molecule has 4 N–H and O–H groups in total. The fourth-order valence-corrected chi connectivity index (χ4v) is 6.01. The van der Waals surface area contributed by atoms with E-state index in [2.05, 4.69) is 10.1 Å². The second kappa shape index (κ2) is 10.1. The van der Waals surface area contributed by atoms with Crippen molar-refractivity contribution in [3.63, 3.8) is 0 Å². The Labute approximate surface area is 226 Å². The Kier molecular flexibility index (Phi) is 6.99. The van der Waals surface area contributed by atoms with Crippen LogP contribution in [0.3, 0.4) is 0 Å². The van der Waals surface area contributed by atoms with E-state index in [4.69, 9.17) is 11.6 Å². The number of rotatable bonds is 6. The van der Waals surface area contributed by atoms with E-state index in [1.807, 2.05) is 10.4 Å². The molecule has 0 amide bonds. The molecule has 0 saturated carbocycles. The Bertz CT molecular complexity index is 1470. The minimum atomic E-state index is -4.62. The third kappa shape index (κ3) is 5.29. The first-order valence-electron chi connectivity index (χ1n) is 12.0. The Morgan fingerprint density at radius 3 is 2.67 bits per heavy atom. The first kappa shape index (κ1) is 26.9. The molecule has 3 aromatic rings. The molecule has 3 heterocycles. The van der Waals surface area contributed by atoms with Gasteiger partial charge in [0.2, 0.25) is 0 Å². The van der Waals surface area contributed by atoms with Crippen molar-refractivity contribution in [3.05, 3.63) is 93.9 Å². The number of hydrogen-bond acceptors (Lipinski definition) is 8. The molecule has 1 aromatic carbocycles. The summed E-state index contributed by atoms with van der Waals surface area (Å²) in [5.74, 6) is 4.78. The summed E-state index contributed by atoms with van der Waals surface area (Å²) in [6.45, 7) is 0.717. The van der Waals surface area contributed by atoms with Gasteiger partial charge in [0.1, 0.15) is 11.5 Å². The molecule has 39 heavy (non-hydrogen) atoms. The van der Waals surface area contributed by atoms with E-state index in [0.29, 0.717) is 23.7 Å². The number of Topliss-reactive ketones (excluding diaryl/α,β-unsaturated/α-hetero) is 1. The predicted molar refractivity (Wildman–Crippen MR) is 139 cm³/mol. The number of nitrogens with two attached hydrogens (primary N) is 2. The molecule has 13 heteroatoms. The number of carbonyl (C=O) groups excluding carboxylic acids is 1. The SMILES string of the molecule is CN(N)/C=C(\N)SN1CCC2=Cc3c(cnn3-c3ccc(F)cc3)CC2(C(=O)c2cc(C(F)(F)F)ccn2)C1. The largest absolute Gasteiger partial charge is 0.416 e. The lowest BCUT2D eigenvalue weighted by atomic mass is 9.65. The van der Waals surface area contributed by atoms with Crippen molar-refractivity contribution in [2.75, 3.05) is 20.1 Å². The zero-order valence-corrected chi connectivity index (χ0v) is 21.6. The van der Waals surface area contributed by atoms with Crippen molar-refractivity contribution in [2.24, 2.45) is 17.0 Å². The molecule has 0 bridgehead atoms. The van der Waals surface area contributed by atoms with Gasteiger partial charge in [-0.25, -0.2) is 19.2 Å². The summed E-state index contributed by atoms with van der Waals surface area (Å²) in [4.78, 5) is 18.2. The minimum absolute atomic E-state index is 0.185.